The standard InChI is InChI=1S/C33H39N3O4/c1-22-5-3-6-29(30-7-4-8-31(34-30)36-14-9-25(10-15-36)33(37)38)32(22)40-19-24-17-23(2)28-12-16-35(27-20-39-21-27)13-11-26(28)18-24/h3-8,17-18,25,27H,9-16,19-21H2,1-2H3,(H,37,38). The van der Waals surface area contributed by atoms with Gasteiger partial charge in [-0.15, -0.1) is 0 Å². The average Bonchev–Trinajstić information content (AvgIpc) is 3.14. The minimum atomic E-state index is -0.696. The lowest BCUT2D eigenvalue weighted by molar-refractivity contribution is -0.142. The Kier molecular flexibility index (Phi) is 7.76. The molecule has 3 aromatic rings. The highest BCUT2D eigenvalue weighted by Crippen LogP contribution is 2.34. The van der Waals surface area contributed by atoms with Gasteiger partial charge in [-0.05, 0) is 85.5 Å². The molecular formula is C33H39N3O4. The molecule has 7 nitrogen and oxygen atoms in total. The van der Waals surface area contributed by atoms with Crippen molar-refractivity contribution in [3.63, 3.8) is 0 Å². The monoisotopic (exact) mass is 541 g/mol. The van der Waals surface area contributed by atoms with Gasteiger partial charge in [0.15, 0.2) is 0 Å². The maximum absolute atomic E-state index is 11.4. The number of hydrogen-bond donors (Lipinski definition) is 1. The van der Waals surface area contributed by atoms with Gasteiger partial charge in [0.1, 0.15) is 18.2 Å². The number of aromatic nitrogens is 1. The quantitative estimate of drug-likeness (QED) is 0.449. The number of para-hydroxylation sites is 1. The van der Waals surface area contributed by atoms with Gasteiger partial charge in [-0.3, -0.25) is 9.69 Å². The zero-order valence-corrected chi connectivity index (χ0v) is 23.6. The number of carboxylic acids is 1. The molecule has 6 rings (SSSR count). The number of ether oxygens (including phenoxy) is 2. The molecule has 0 saturated carbocycles. The highest BCUT2D eigenvalue weighted by atomic mass is 16.5. The van der Waals surface area contributed by atoms with Crippen LogP contribution >= 0.6 is 0 Å². The van der Waals surface area contributed by atoms with E-state index in [4.69, 9.17) is 14.5 Å². The number of nitrogens with zero attached hydrogens (tertiary/aromatic N) is 3. The Balaban J connectivity index is 1.19. The van der Waals surface area contributed by atoms with Crippen molar-refractivity contribution in [3.8, 4) is 17.0 Å². The molecule has 1 aromatic heterocycles. The third kappa shape index (κ3) is 5.58. The Hall–Kier alpha value is -3.42. The van der Waals surface area contributed by atoms with Crippen LogP contribution in [-0.4, -0.2) is 66.4 Å². The van der Waals surface area contributed by atoms with E-state index in [1.165, 1.54) is 22.3 Å². The lowest BCUT2D eigenvalue weighted by Gasteiger charge is -2.36. The van der Waals surface area contributed by atoms with Crippen molar-refractivity contribution in [2.24, 2.45) is 5.92 Å². The first-order valence-corrected chi connectivity index (χ1v) is 14.6. The molecule has 1 N–H and O–H groups in total. The van der Waals surface area contributed by atoms with Crippen LogP contribution in [0.3, 0.4) is 0 Å². The molecule has 0 atom stereocenters. The van der Waals surface area contributed by atoms with Gasteiger partial charge in [0.25, 0.3) is 0 Å². The SMILES string of the molecule is Cc1cc(COc2c(C)cccc2-c2cccc(N3CCC(C(=O)O)CC3)n2)cc2c1CCN(C1COC1)CC2. The van der Waals surface area contributed by atoms with E-state index in [-0.39, 0.29) is 5.92 Å². The highest BCUT2D eigenvalue weighted by Gasteiger charge is 2.28. The highest BCUT2D eigenvalue weighted by molar-refractivity contribution is 5.71. The van der Waals surface area contributed by atoms with Crippen LogP contribution in [0.15, 0.2) is 48.5 Å². The summed E-state index contributed by atoms with van der Waals surface area (Å²) < 4.78 is 12.0. The van der Waals surface area contributed by atoms with Gasteiger partial charge >= 0.3 is 5.97 Å². The van der Waals surface area contributed by atoms with Crippen molar-refractivity contribution in [2.45, 2.75) is 52.2 Å². The number of rotatable bonds is 7. The largest absolute Gasteiger partial charge is 0.488 e. The van der Waals surface area contributed by atoms with Gasteiger partial charge in [-0.1, -0.05) is 30.3 Å². The summed E-state index contributed by atoms with van der Waals surface area (Å²) in [5, 5.41) is 9.35. The second kappa shape index (κ2) is 11.6. The molecule has 4 heterocycles. The molecule has 2 saturated heterocycles. The smallest absolute Gasteiger partial charge is 0.306 e. The number of aliphatic carboxylic acids is 1. The number of carboxylic acid groups (broad SMARTS) is 1. The third-order valence-electron chi connectivity index (χ3n) is 8.85. The predicted octanol–water partition coefficient (Wildman–Crippen LogP) is 5.04. The van der Waals surface area contributed by atoms with Crippen molar-refractivity contribution in [1.82, 2.24) is 9.88 Å². The third-order valence-corrected chi connectivity index (χ3v) is 8.85. The fraction of sp³-hybridized carbons (Fsp3) is 0.455. The average molecular weight is 542 g/mol. The van der Waals surface area contributed by atoms with E-state index in [9.17, 15) is 9.90 Å². The minimum absolute atomic E-state index is 0.260. The van der Waals surface area contributed by atoms with Crippen LogP contribution < -0.4 is 9.64 Å². The van der Waals surface area contributed by atoms with E-state index in [2.05, 4.69) is 54.0 Å². The molecule has 0 spiro atoms. The number of hydrogen-bond acceptors (Lipinski definition) is 6. The van der Waals surface area contributed by atoms with Crippen LogP contribution in [0, 0.1) is 19.8 Å². The van der Waals surface area contributed by atoms with Crippen LogP contribution in [0.4, 0.5) is 5.82 Å². The first-order valence-electron chi connectivity index (χ1n) is 14.6. The number of pyridine rings is 1. The van der Waals surface area contributed by atoms with E-state index in [1.807, 2.05) is 18.2 Å². The molecule has 0 bridgehead atoms. The molecule has 0 unspecified atom stereocenters. The molecule has 210 valence electrons. The van der Waals surface area contributed by atoms with Crippen molar-refractivity contribution >= 4 is 11.8 Å². The molecule has 7 heteroatoms. The van der Waals surface area contributed by atoms with Gasteiger partial charge in [-0.25, -0.2) is 4.98 Å². The van der Waals surface area contributed by atoms with E-state index in [1.54, 1.807) is 0 Å². The summed E-state index contributed by atoms with van der Waals surface area (Å²) in [5.74, 6) is 0.792. The van der Waals surface area contributed by atoms with Gasteiger partial charge in [0, 0.05) is 31.7 Å². The number of fused-ring (bicyclic) bond motifs is 1. The molecule has 2 aromatic carbocycles. The summed E-state index contributed by atoms with van der Waals surface area (Å²) in [6.45, 7) is 10.2. The fourth-order valence-electron chi connectivity index (χ4n) is 6.37. The lowest BCUT2D eigenvalue weighted by Crippen LogP contribution is -2.49. The normalized spacial score (nSPS) is 18.6. The molecule has 2 fully saturated rings. The van der Waals surface area contributed by atoms with Gasteiger partial charge in [0.2, 0.25) is 0 Å². The first-order chi connectivity index (χ1) is 19.5. The Bertz CT molecular complexity index is 1380. The van der Waals surface area contributed by atoms with Crippen LogP contribution in [0.2, 0.25) is 0 Å². The van der Waals surface area contributed by atoms with E-state index in [0.29, 0.717) is 38.6 Å². The van der Waals surface area contributed by atoms with Crippen molar-refractivity contribution in [2.75, 3.05) is 44.3 Å². The van der Waals surface area contributed by atoms with Crippen LogP contribution in [0.1, 0.15) is 40.7 Å². The number of anilines is 1. The van der Waals surface area contributed by atoms with Crippen molar-refractivity contribution in [1.29, 1.82) is 0 Å². The van der Waals surface area contributed by atoms with Crippen molar-refractivity contribution in [3.05, 3.63) is 76.3 Å². The molecule has 3 aliphatic rings. The number of carbonyl (C=O) groups is 1. The molecule has 0 radical (unpaired) electrons. The second-order valence-corrected chi connectivity index (χ2v) is 11.5. The summed E-state index contributed by atoms with van der Waals surface area (Å²) in [4.78, 5) is 21.1. The van der Waals surface area contributed by atoms with Gasteiger partial charge < -0.3 is 19.5 Å². The lowest BCUT2D eigenvalue weighted by atomic mass is 9.95. The van der Waals surface area contributed by atoms with E-state index >= 15 is 0 Å². The minimum Gasteiger partial charge on any atom is -0.488 e. The van der Waals surface area contributed by atoms with Crippen molar-refractivity contribution < 1.29 is 19.4 Å². The van der Waals surface area contributed by atoms with E-state index in [0.717, 1.165) is 67.5 Å². The van der Waals surface area contributed by atoms with E-state index < -0.39 is 5.97 Å². The molecular weight excluding hydrogens is 502 g/mol. The van der Waals surface area contributed by atoms with Gasteiger partial charge in [-0.2, -0.15) is 0 Å². The Morgan fingerprint density at radius 2 is 1.77 bits per heavy atom. The van der Waals surface area contributed by atoms with Crippen LogP contribution in [0.25, 0.3) is 11.3 Å². The zero-order valence-electron chi connectivity index (χ0n) is 23.6. The topological polar surface area (TPSA) is 75.1 Å². The number of piperidine rings is 1. The molecule has 3 aliphatic heterocycles. The fourth-order valence-corrected chi connectivity index (χ4v) is 6.37. The first kappa shape index (κ1) is 26.8. The van der Waals surface area contributed by atoms with Crippen LogP contribution in [-0.2, 0) is 29.0 Å². The Morgan fingerprint density at radius 1 is 1.00 bits per heavy atom. The number of benzene rings is 2. The maximum atomic E-state index is 11.4. The molecule has 0 amide bonds. The molecule has 40 heavy (non-hydrogen) atoms. The summed E-state index contributed by atoms with van der Waals surface area (Å²) in [7, 11) is 0. The van der Waals surface area contributed by atoms with Gasteiger partial charge in [0.05, 0.1) is 30.9 Å². The Labute approximate surface area is 236 Å². The van der Waals surface area contributed by atoms with Crippen LogP contribution in [0.5, 0.6) is 5.75 Å². The maximum Gasteiger partial charge on any atom is 0.306 e. The summed E-state index contributed by atoms with van der Waals surface area (Å²) in [5.41, 5.74) is 8.44. The summed E-state index contributed by atoms with van der Waals surface area (Å²) in [6, 6.07) is 17.5. The molecule has 0 aliphatic carbocycles. The number of aryl methyl sites for hydroxylation is 2. The summed E-state index contributed by atoms with van der Waals surface area (Å²) in [6.07, 6.45) is 3.45. The zero-order chi connectivity index (χ0) is 27.6. The Morgan fingerprint density at radius 3 is 2.52 bits per heavy atom. The predicted molar refractivity (Wildman–Crippen MR) is 156 cm³/mol. The second-order valence-electron chi connectivity index (χ2n) is 11.5. The summed E-state index contributed by atoms with van der Waals surface area (Å²) >= 11 is 0.